The molecule has 0 radical (unpaired) electrons. The van der Waals surface area contributed by atoms with Crippen LogP contribution in [-0.2, 0) is 12.4 Å². The van der Waals surface area contributed by atoms with E-state index in [9.17, 15) is 14.5 Å². The van der Waals surface area contributed by atoms with Gasteiger partial charge in [0.05, 0.1) is 4.92 Å². The zero-order valence-corrected chi connectivity index (χ0v) is 17.0. The third-order valence-electron chi connectivity index (χ3n) is 4.45. The van der Waals surface area contributed by atoms with Crippen molar-refractivity contribution in [2.75, 3.05) is 0 Å². The maximum Gasteiger partial charge on any atom is 0.273 e. The molecule has 4 rings (SSSR count). The minimum absolute atomic E-state index is 0.00880. The average Bonchev–Trinajstić information content (AvgIpc) is 3.20. The standard InChI is InChI=1S/C22H17FN4O3S/c23-18-11-5-7-13-20(18)30-14-21-24-25-22(26(21)17-9-2-1-3-10-17)31-15-16-8-4-6-12-19(16)27(28)29/h1-13H,14-15H2. The number of ether oxygens (including phenoxy) is 1. The van der Waals surface area contributed by atoms with Crippen LogP contribution in [0.3, 0.4) is 0 Å². The van der Waals surface area contributed by atoms with E-state index in [0.717, 1.165) is 5.69 Å². The molecule has 0 spiro atoms. The van der Waals surface area contributed by atoms with E-state index in [0.29, 0.717) is 22.3 Å². The van der Waals surface area contributed by atoms with Gasteiger partial charge in [-0.25, -0.2) is 4.39 Å². The molecule has 0 saturated heterocycles. The second-order valence-electron chi connectivity index (χ2n) is 6.46. The first-order chi connectivity index (χ1) is 15.1. The van der Waals surface area contributed by atoms with Crippen LogP contribution in [0.15, 0.2) is 84.0 Å². The summed E-state index contributed by atoms with van der Waals surface area (Å²) in [5.41, 5.74) is 1.46. The molecular weight excluding hydrogens is 419 g/mol. The van der Waals surface area contributed by atoms with Crippen molar-refractivity contribution in [3.8, 4) is 11.4 Å². The van der Waals surface area contributed by atoms with Gasteiger partial charge in [-0.3, -0.25) is 14.7 Å². The molecule has 0 amide bonds. The quantitative estimate of drug-likeness (QED) is 0.215. The number of halogens is 1. The summed E-state index contributed by atoms with van der Waals surface area (Å²) in [5, 5.41) is 20.3. The molecule has 31 heavy (non-hydrogen) atoms. The summed E-state index contributed by atoms with van der Waals surface area (Å²) >= 11 is 1.33. The van der Waals surface area contributed by atoms with Crippen molar-refractivity contribution in [2.24, 2.45) is 0 Å². The van der Waals surface area contributed by atoms with Crippen LogP contribution in [0.1, 0.15) is 11.4 Å². The van der Waals surface area contributed by atoms with Gasteiger partial charge in [0.1, 0.15) is 6.61 Å². The second-order valence-corrected chi connectivity index (χ2v) is 7.41. The highest BCUT2D eigenvalue weighted by Gasteiger charge is 2.18. The predicted octanol–water partition coefficient (Wildman–Crippen LogP) is 5.19. The van der Waals surface area contributed by atoms with Gasteiger partial charge in [-0.05, 0) is 24.3 Å². The molecule has 0 aliphatic heterocycles. The fraction of sp³-hybridized carbons (Fsp3) is 0.0909. The SMILES string of the molecule is O=[N+]([O-])c1ccccc1CSc1nnc(COc2ccccc2F)n1-c1ccccc1. The Bertz CT molecular complexity index is 1200. The van der Waals surface area contributed by atoms with E-state index < -0.39 is 10.7 Å². The molecule has 0 atom stereocenters. The van der Waals surface area contributed by atoms with Gasteiger partial charge in [0.15, 0.2) is 22.5 Å². The molecule has 1 heterocycles. The van der Waals surface area contributed by atoms with Gasteiger partial charge in [0, 0.05) is 23.1 Å². The Morgan fingerprint density at radius 3 is 2.45 bits per heavy atom. The molecule has 4 aromatic rings. The topological polar surface area (TPSA) is 83.1 Å². The summed E-state index contributed by atoms with van der Waals surface area (Å²) in [7, 11) is 0. The van der Waals surface area contributed by atoms with Crippen LogP contribution in [0.2, 0.25) is 0 Å². The third-order valence-corrected chi connectivity index (χ3v) is 5.43. The minimum atomic E-state index is -0.459. The Labute approximate surface area is 181 Å². The van der Waals surface area contributed by atoms with Gasteiger partial charge < -0.3 is 4.74 Å². The lowest BCUT2D eigenvalue weighted by molar-refractivity contribution is -0.385. The molecule has 0 saturated carbocycles. The normalized spacial score (nSPS) is 10.7. The van der Waals surface area contributed by atoms with Gasteiger partial charge in [0.2, 0.25) is 0 Å². The molecule has 1 aromatic heterocycles. The van der Waals surface area contributed by atoms with Crippen molar-refractivity contribution < 1.29 is 14.1 Å². The number of thioether (sulfide) groups is 1. The maximum absolute atomic E-state index is 13.9. The van der Waals surface area contributed by atoms with E-state index in [1.165, 1.54) is 23.9 Å². The summed E-state index contributed by atoms with van der Waals surface area (Å²) < 4.78 is 21.3. The summed E-state index contributed by atoms with van der Waals surface area (Å²) in [5.74, 6) is 0.494. The molecule has 9 heteroatoms. The van der Waals surface area contributed by atoms with Crippen molar-refractivity contribution in [1.29, 1.82) is 0 Å². The zero-order chi connectivity index (χ0) is 21.6. The highest BCUT2D eigenvalue weighted by molar-refractivity contribution is 7.98. The van der Waals surface area contributed by atoms with Crippen LogP contribution >= 0.6 is 11.8 Å². The largest absolute Gasteiger partial charge is 0.483 e. The van der Waals surface area contributed by atoms with Crippen LogP contribution in [0.5, 0.6) is 5.75 Å². The van der Waals surface area contributed by atoms with Crippen molar-refractivity contribution >= 4 is 17.4 Å². The first-order valence-electron chi connectivity index (χ1n) is 9.35. The zero-order valence-electron chi connectivity index (χ0n) is 16.2. The van der Waals surface area contributed by atoms with Crippen LogP contribution < -0.4 is 4.74 Å². The average molecular weight is 436 g/mol. The van der Waals surface area contributed by atoms with E-state index in [-0.39, 0.29) is 18.0 Å². The Hall–Kier alpha value is -3.72. The number of nitro groups is 1. The molecule has 0 fully saturated rings. The molecule has 0 unspecified atom stereocenters. The molecular formula is C22H17FN4O3S. The molecule has 0 aliphatic carbocycles. The Balaban J connectivity index is 1.61. The fourth-order valence-corrected chi connectivity index (χ4v) is 3.95. The minimum Gasteiger partial charge on any atom is -0.483 e. The molecule has 0 aliphatic rings. The number of rotatable bonds is 8. The van der Waals surface area contributed by atoms with Gasteiger partial charge in [0.25, 0.3) is 5.69 Å². The number of benzene rings is 3. The van der Waals surface area contributed by atoms with Crippen LogP contribution in [0.4, 0.5) is 10.1 Å². The molecule has 7 nitrogen and oxygen atoms in total. The summed E-state index contributed by atoms with van der Waals surface area (Å²) in [6.45, 7) is 0.00880. The van der Waals surface area contributed by atoms with Gasteiger partial charge in [-0.2, -0.15) is 0 Å². The molecule has 3 aromatic carbocycles. The highest BCUT2D eigenvalue weighted by Crippen LogP contribution is 2.29. The number of nitrogens with zero attached hydrogens (tertiary/aromatic N) is 4. The van der Waals surface area contributed by atoms with Gasteiger partial charge >= 0.3 is 0 Å². The third kappa shape index (κ3) is 4.72. The summed E-state index contributed by atoms with van der Waals surface area (Å²) in [6, 6.07) is 22.2. The molecule has 0 bridgehead atoms. The summed E-state index contributed by atoms with van der Waals surface area (Å²) in [6.07, 6.45) is 0. The first-order valence-corrected chi connectivity index (χ1v) is 10.3. The number of aromatic nitrogens is 3. The molecule has 0 N–H and O–H groups in total. The van der Waals surface area contributed by atoms with Crippen molar-refractivity contribution in [2.45, 2.75) is 17.5 Å². The number of nitro benzene ring substituents is 1. The maximum atomic E-state index is 13.9. The number of hydrogen-bond acceptors (Lipinski definition) is 6. The fourth-order valence-electron chi connectivity index (χ4n) is 2.98. The lowest BCUT2D eigenvalue weighted by Crippen LogP contribution is -2.07. The van der Waals surface area contributed by atoms with Crippen molar-refractivity contribution in [3.63, 3.8) is 0 Å². The predicted molar refractivity (Wildman–Crippen MR) is 115 cm³/mol. The van der Waals surface area contributed by atoms with Crippen molar-refractivity contribution in [3.05, 3.63) is 106 Å². The number of hydrogen-bond donors (Lipinski definition) is 0. The second kappa shape index (κ2) is 9.40. The van der Waals surface area contributed by atoms with Gasteiger partial charge in [-0.15, -0.1) is 10.2 Å². The molecule has 156 valence electrons. The highest BCUT2D eigenvalue weighted by atomic mass is 32.2. The smallest absolute Gasteiger partial charge is 0.273 e. The lowest BCUT2D eigenvalue weighted by Gasteiger charge is -2.11. The van der Waals surface area contributed by atoms with E-state index >= 15 is 0 Å². The van der Waals surface area contributed by atoms with E-state index in [1.807, 2.05) is 30.3 Å². The monoisotopic (exact) mass is 436 g/mol. The van der Waals surface area contributed by atoms with Crippen molar-refractivity contribution in [1.82, 2.24) is 14.8 Å². The van der Waals surface area contributed by atoms with Crippen LogP contribution in [-0.4, -0.2) is 19.7 Å². The van der Waals surface area contributed by atoms with Crippen LogP contribution in [0.25, 0.3) is 5.69 Å². The van der Waals surface area contributed by atoms with E-state index in [4.69, 9.17) is 4.74 Å². The first kappa shape index (κ1) is 20.5. The Morgan fingerprint density at radius 1 is 0.968 bits per heavy atom. The lowest BCUT2D eigenvalue weighted by atomic mass is 10.2. The van der Waals surface area contributed by atoms with E-state index in [2.05, 4.69) is 10.2 Å². The number of para-hydroxylation sites is 3. The Morgan fingerprint density at radius 2 is 1.68 bits per heavy atom. The van der Waals surface area contributed by atoms with Crippen LogP contribution in [0, 0.1) is 15.9 Å². The summed E-state index contributed by atoms with van der Waals surface area (Å²) in [4.78, 5) is 10.9. The van der Waals surface area contributed by atoms with E-state index in [1.54, 1.807) is 41.0 Å². The van der Waals surface area contributed by atoms with Gasteiger partial charge in [-0.1, -0.05) is 60.3 Å². The Kier molecular flexibility index (Phi) is 6.23.